The van der Waals surface area contributed by atoms with Crippen molar-refractivity contribution in [2.45, 2.75) is 52.1 Å². The van der Waals surface area contributed by atoms with E-state index >= 15 is 0 Å². The smallest absolute Gasteiger partial charge is 0.251 e. The van der Waals surface area contributed by atoms with Crippen LogP contribution in [0.25, 0.3) is 0 Å². The number of aromatic nitrogens is 2. The fraction of sp³-hybridized carbons (Fsp3) is 0.346. The molecule has 1 unspecified atom stereocenters. The molecular formula is C26H29FN4O2. The van der Waals surface area contributed by atoms with Crippen LogP contribution in [-0.4, -0.2) is 34.7 Å². The van der Waals surface area contributed by atoms with Crippen LogP contribution >= 0.6 is 0 Å². The first-order valence-electron chi connectivity index (χ1n) is 11.0. The maximum Gasteiger partial charge on any atom is 0.251 e. The van der Waals surface area contributed by atoms with Crippen molar-refractivity contribution in [2.24, 2.45) is 0 Å². The molecule has 2 atom stereocenters. The van der Waals surface area contributed by atoms with Crippen LogP contribution in [0.3, 0.4) is 0 Å². The number of carbonyl (C=O) groups is 2. The normalized spacial score (nSPS) is 18.3. The maximum atomic E-state index is 13.7. The fourth-order valence-electron chi connectivity index (χ4n) is 4.49. The monoisotopic (exact) mass is 448 g/mol. The van der Waals surface area contributed by atoms with Gasteiger partial charge in [-0.15, -0.1) is 0 Å². The van der Waals surface area contributed by atoms with E-state index in [0.29, 0.717) is 11.4 Å². The van der Waals surface area contributed by atoms with Crippen LogP contribution in [0.4, 0.5) is 10.2 Å². The first kappa shape index (κ1) is 22.7. The molecule has 0 saturated carbocycles. The lowest BCUT2D eigenvalue weighted by Gasteiger charge is -2.38. The third-order valence-electron chi connectivity index (χ3n) is 6.07. The van der Waals surface area contributed by atoms with E-state index in [4.69, 9.17) is 5.10 Å². The number of benzene rings is 2. The zero-order valence-corrected chi connectivity index (χ0v) is 19.8. The van der Waals surface area contributed by atoms with Crippen LogP contribution < -0.4 is 10.2 Å². The predicted octanol–water partition coefficient (Wildman–Crippen LogP) is 4.30. The molecule has 1 aliphatic heterocycles. The van der Waals surface area contributed by atoms with E-state index in [1.54, 1.807) is 36.2 Å². The molecule has 1 aromatic heterocycles. The van der Waals surface area contributed by atoms with E-state index in [0.717, 1.165) is 22.4 Å². The molecule has 2 amide bonds. The number of aryl methyl sites for hydroxylation is 2. The lowest BCUT2D eigenvalue weighted by Crippen LogP contribution is -2.54. The lowest BCUT2D eigenvalue weighted by atomic mass is 9.81. The van der Waals surface area contributed by atoms with Gasteiger partial charge in [-0.05, 0) is 64.4 Å². The van der Waals surface area contributed by atoms with E-state index in [1.165, 1.54) is 12.1 Å². The quantitative estimate of drug-likeness (QED) is 0.650. The highest BCUT2D eigenvalue weighted by atomic mass is 19.1. The molecule has 4 rings (SSSR count). The number of halogens is 1. The minimum absolute atomic E-state index is 0.247. The van der Waals surface area contributed by atoms with E-state index < -0.39 is 12.0 Å². The number of likely N-dealkylation sites (N-methyl/N-ethyl adjacent to an activating group) is 1. The molecule has 0 saturated heterocycles. The SMILES string of the molecule is Cc1cccc(C(=O)NC2C(=O)N(C)c3c(c(C)nn3C(C)(C)C)[C@@H]2c2ccc(F)cc2)c1. The molecule has 0 aliphatic carbocycles. The van der Waals surface area contributed by atoms with Gasteiger partial charge in [-0.25, -0.2) is 9.07 Å². The molecule has 7 heteroatoms. The summed E-state index contributed by atoms with van der Waals surface area (Å²) >= 11 is 0. The van der Waals surface area contributed by atoms with Gasteiger partial charge in [0.15, 0.2) is 0 Å². The van der Waals surface area contributed by atoms with Gasteiger partial charge in [-0.2, -0.15) is 5.10 Å². The van der Waals surface area contributed by atoms with E-state index in [2.05, 4.69) is 5.32 Å². The number of anilines is 1. The third kappa shape index (κ3) is 4.03. The average molecular weight is 449 g/mol. The van der Waals surface area contributed by atoms with Crippen molar-refractivity contribution in [3.63, 3.8) is 0 Å². The molecule has 0 fully saturated rings. The standard InChI is InChI=1S/C26H29FN4O2/c1-15-8-7-9-18(14-15)23(32)28-22-21(17-10-12-19(27)13-11-17)20-16(2)29-31(26(3,4)5)24(20)30(6)25(22)33/h7-14,21-22H,1-6H3,(H,28,32)/t21-,22?/m0/s1. The van der Waals surface area contributed by atoms with Crippen LogP contribution in [0.1, 0.15) is 59.4 Å². The fourth-order valence-corrected chi connectivity index (χ4v) is 4.49. The highest BCUT2D eigenvalue weighted by Gasteiger charge is 2.45. The second kappa shape index (κ2) is 8.14. The second-order valence-corrected chi connectivity index (χ2v) is 9.65. The summed E-state index contributed by atoms with van der Waals surface area (Å²) in [4.78, 5) is 28.4. The van der Waals surface area contributed by atoms with Crippen LogP contribution in [0.2, 0.25) is 0 Å². The molecule has 172 valence electrons. The van der Waals surface area contributed by atoms with Crippen LogP contribution in [0, 0.1) is 19.7 Å². The Labute approximate surface area is 193 Å². The molecule has 6 nitrogen and oxygen atoms in total. The van der Waals surface area contributed by atoms with Crippen LogP contribution in [-0.2, 0) is 10.3 Å². The number of amides is 2. The maximum absolute atomic E-state index is 13.7. The Hall–Kier alpha value is -3.48. The van der Waals surface area contributed by atoms with Gasteiger partial charge in [-0.3, -0.25) is 14.5 Å². The van der Waals surface area contributed by atoms with Gasteiger partial charge in [0.05, 0.1) is 11.2 Å². The van der Waals surface area contributed by atoms with E-state index in [9.17, 15) is 14.0 Å². The summed E-state index contributed by atoms with van der Waals surface area (Å²) in [5, 5.41) is 7.72. The number of hydrogen-bond donors (Lipinski definition) is 1. The first-order chi connectivity index (χ1) is 15.5. The van der Waals surface area contributed by atoms with Crippen molar-refractivity contribution >= 4 is 17.6 Å². The lowest BCUT2D eigenvalue weighted by molar-refractivity contribution is -0.121. The topological polar surface area (TPSA) is 67.2 Å². The van der Waals surface area contributed by atoms with Crippen molar-refractivity contribution in [1.82, 2.24) is 15.1 Å². The van der Waals surface area contributed by atoms with Crippen LogP contribution in [0.15, 0.2) is 48.5 Å². The number of rotatable bonds is 3. The molecule has 1 aliphatic rings. The zero-order valence-electron chi connectivity index (χ0n) is 19.8. The zero-order chi connectivity index (χ0) is 24.1. The van der Waals surface area contributed by atoms with Crippen molar-refractivity contribution in [3.8, 4) is 0 Å². The number of nitrogens with one attached hydrogen (secondary N) is 1. The first-order valence-corrected chi connectivity index (χ1v) is 11.0. The molecule has 1 N–H and O–H groups in total. The summed E-state index contributed by atoms with van der Waals surface area (Å²) < 4.78 is 15.6. The Balaban J connectivity index is 1.87. The van der Waals surface area contributed by atoms with Gasteiger partial charge in [-0.1, -0.05) is 29.8 Å². The molecule has 33 heavy (non-hydrogen) atoms. The van der Waals surface area contributed by atoms with Gasteiger partial charge >= 0.3 is 0 Å². The molecular weight excluding hydrogens is 419 g/mol. The van der Waals surface area contributed by atoms with Crippen molar-refractivity contribution in [2.75, 3.05) is 11.9 Å². The molecule has 2 heterocycles. The van der Waals surface area contributed by atoms with Crippen molar-refractivity contribution in [3.05, 3.63) is 82.3 Å². The average Bonchev–Trinajstić information content (AvgIpc) is 3.10. The summed E-state index contributed by atoms with van der Waals surface area (Å²) in [5.74, 6) is -0.750. The second-order valence-electron chi connectivity index (χ2n) is 9.65. The molecule has 2 aromatic carbocycles. The van der Waals surface area contributed by atoms with Gasteiger partial charge < -0.3 is 5.32 Å². The van der Waals surface area contributed by atoms with Crippen molar-refractivity contribution in [1.29, 1.82) is 0 Å². The predicted molar refractivity (Wildman–Crippen MR) is 126 cm³/mol. The third-order valence-corrected chi connectivity index (χ3v) is 6.07. The van der Waals surface area contributed by atoms with E-state index in [1.807, 2.05) is 51.4 Å². The van der Waals surface area contributed by atoms with E-state index in [-0.39, 0.29) is 23.2 Å². The summed E-state index contributed by atoms with van der Waals surface area (Å²) in [7, 11) is 1.71. The molecule has 0 radical (unpaired) electrons. The minimum atomic E-state index is -0.864. The number of fused-ring (bicyclic) bond motifs is 1. The van der Waals surface area contributed by atoms with Gasteiger partial charge in [0.1, 0.15) is 17.7 Å². The Bertz CT molecular complexity index is 1220. The van der Waals surface area contributed by atoms with Gasteiger partial charge in [0, 0.05) is 24.1 Å². The molecule has 0 spiro atoms. The summed E-state index contributed by atoms with van der Waals surface area (Å²) in [6.07, 6.45) is 0. The minimum Gasteiger partial charge on any atom is -0.339 e. The molecule has 0 bridgehead atoms. The van der Waals surface area contributed by atoms with Gasteiger partial charge in [0.2, 0.25) is 0 Å². The summed E-state index contributed by atoms with van der Waals surface area (Å²) in [5.41, 5.74) is 3.44. The largest absolute Gasteiger partial charge is 0.339 e. The Kier molecular flexibility index (Phi) is 5.60. The number of hydrogen-bond acceptors (Lipinski definition) is 3. The number of carbonyl (C=O) groups excluding carboxylic acids is 2. The van der Waals surface area contributed by atoms with Gasteiger partial charge in [0.25, 0.3) is 11.8 Å². The highest BCUT2D eigenvalue weighted by Crippen LogP contribution is 2.43. The Morgan fingerprint density at radius 3 is 2.36 bits per heavy atom. The Morgan fingerprint density at radius 2 is 1.76 bits per heavy atom. The summed E-state index contributed by atoms with van der Waals surface area (Å²) in [6, 6.07) is 12.5. The van der Waals surface area contributed by atoms with Crippen LogP contribution in [0.5, 0.6) is 0 Å². The molecule has 3 aromatic rings. The number of nitrogens with zero attached hydrogens (tertiary/aromatic N) is 3. The Morgan fingerprint density at radius 1 is 1.09 bits per heavy atom. The highest BCUT2D eigenvalue weighted by molar-refractivity contribution is 6.05. The van der Waals surface area contributed by atoms with Crippen molar-refractivity contribution < 1.29 is 14.0 Å². The summed E-state index contributed by atoms with van der Waals surface area (Å²) in [6.45, 7) is 9.89.